The number of fused-ring (bicyclic) bond motifs is 1. The molecule has 1 atom stereocenters. The number of phenols is 2. The Hall–Kier alpha value is -5.55. The lowest BCUT2D eigenvalue weighted by Crippen LogP contribution is -2.46. The van der Waals surface area contributed by atoms with Gasteiger partial charge in [-0.1, -0.05) is 152 Å². The van der Waals surface area contributed by atoms with Gasteiger partial charge in [0.25, 0.3) is 5.91 Å². The average molecular weight is 772 g/mol. The molecule has 1 amide bonds. The zero-order chi connectivity index (χ0) is 42.8. The van der Waals surface area contributed by atoms with Gasteiger partial charge in [0.1, 0.15) is 28.5 Å². The van der Waals surface area contributed by atoms with E-state index in [4.69, 9.17) is 9.84 Å². The maximum atomic E-state index is 14.1. The van der Waals surface area contributed by atoms with Crippen LogP contribution in [0.2, 0.25) is 0 Å². The van der Waals surface area contributed by atoms with Crippen molar-refractivity contribution >= 4 is 5.91 Å². The summed E-state index contributed by atoms with van der Waals surface area (Å²) in [4.78, 5) is 16.1. The Kier molecular flexibility index (Phi) is 23.5. The van der Waals surface area contributed by atoms with E-state index in [1.54, 1.807) is 24.3 Å². The van der Waals surface area contributed by atoms with E-state index in [2.05, 4.69) is 72.1 Å². The first-order chi connectivity index (χ1) is 27.7. The Morgan fingerprint density at radius 3 is 1.65 bits per heavy atom. The highest BCUT2D eigenvalue weighted by molar-refractivity contribution is 6.03. The summed E-state index contributed by atoms with van der Waals surface area (Å²) in [7, 11) is 0. The van der Waals surface area contributed by atoms with Gasteiger partial charge in [0.15, 0.2) is 0 Å². The van der Waals surface area contributed by atoms with Crippen molar-refractivity contribution < 1.29 is 19.7 Å². The van der Waals surface area contributed by atoms with Crippen LogP contribution in [0.1, 0.15) is 127 Å². The summed E-state index contributed by atoms with van der Waals surface area (Å²) in [5.41, 5.74) is 6.35. The standard InChI is InChI=1S/C33H29NO3.C7H8O.2C3H8.2C2H6.C2H4/c1-23-11-19-28(20-12-23)37-29-21-15-25(16-22-29)33(24-13-17-27(35)18-14-24)31-10-6-5-9-30(31)32(36)34(33)26-7-3-2-4-8-26;1-6-2-4-7(8)5-3-6;2*1-3-2;3*1-2/h2-3,5-7,9-15,17-21,35H,4,8,16,22H2,1H3;2-5,8H,1H3;2*3H2,1-2H3;2*1-2H3;1-2H2. The van der Waals surface area contributed by atoms with Crippen molar-refractivity contribution in [2.24, 2.45) is 0 Å². The third kappa shape index (κ3) is 13.6. The van der Waals surface area contributed by atoms with Crippen molar-refractivity contribution in [2.75, 3.05) is 0 Å². The first-order valence-corrected chi connectivity index (χ1v) is 20.7. The summed E-state index contributed by atoms with van der Waals surface area (Å²) in [6.45, 7) is 26.5. The molecule has 4 aromatic rings. The van der Waals surface area contributed by atoms with Crippen LogP contribution in [0.4, 0.5) is 0 Å². The minimum absolute atomic E-state index is 0.0109. The van der Waals surface area contributed by atoms with Gasteiger partial charge in [-0.05, 0) is 104 Å². The van der Waals surface area contributed by atoms with Crippen molar-refractivity contribution in [3.63, 3.8) is 0 Å². The smallest absolute Gasteiger partial charge is 0.259 e. The molecule has 2 N–H and O–H groups in total. The molecule has 0 radical (unpaired) electrons. The van der Waals surface area contributed by atoms with E-state index >= 15 is 0 Å². The Morgan fingerprint density at radius 2 is 1.18 bits per heavy atom. The number of amides is 1. The van der Waals surface area contributed by atoms with E-state index in [1.807, 2.05) is 118 Å². The fourth-order valence-corrected chi connectivity index (χ4v) is 6.30. The molecule has 57 heavy (non-hydrogen) atoms. The molecule has 0 spiro atoms. The zero-order valence-corrected chi connectivity index (χ0v) is 36.4. The third-order valence-electron chi connectivity index (χ3n) is 8.53. The molecule has 0 saturated heterocycles. The van der Waals surface area contributed by atoms with Crippen LogP contribution in [0.3, 0.4) is 0 Å². The lowest BCUT2D eigenvalue weighted by atomic mass is 9.73. The molecule has 306 valence electrons. The molecule has 5 heteroatoms. The van der Waals surface area contributed by atoms with Crippen LogP contribution in [-0.4, -0.2) is 21.0 Å². The lowest BCUT2D eigenvalue weighted by Gasteiger charge is -2.44. The van der Waals surface area contributed by atoms with Gasteiger partial charge >= 0.3 is 0 Å². The molecule has 4 aromatic carbocycles. The molecule has 0 aromatic heterocycles. The van der Waals surface area contributed by atoms with Gasteiger partial charge in [-0.2, -0.15) is 0 Å². The molecule has 0 saturated carbocycles. The van der Waals surface area contributed by atoms with Crippen molar-refractivity contribution in [2.45, 2.75) is 113 Å². The highest BCUT2D eigenvalue weighted by Crippen LogP contribution is 2.53. The molecule has 3 aliphatic rings. The molecule has 0 bridgehead atoms. The maximum Gasteiger partial charge on any atom is 0.259 e. The second kappa shape index (κ2) is 27.1. The van der Waals surface area contributed by atoms with Gasteiger partial charge in [0.2, 0.25) is 0 Å². The quantitative estimate of drug-likeness (QED) is 0.198. The molecular weight excluding hydrogens is 703 g/mol. The summed E-state index contributed by atoms with van der Waals surface area (Å²) in [5, 5.41) is 18.9. The molecule has 1 unspecified atom stereocenters. The normalized spacial score (nSPS) is 15.6. The highest BCUT2D eigenvalue weighted by atomic mass is 16.5. The third-order valence-corrected chi connectivity index (χ3v) is 8.53. The SMILES string of the molecule is C=C.CC.CC.CCC.CCC.Cc1ccc(O)cc1.Cc1ccc(OC2=CC=C(C3(c4ccc(O)cc4)c4ccccc4C(=O)N3C3=CC=CCC3)CC2)cc1. The number of benzene rings is 4. The van der Waals surface area contributed by atoms with E-state index < -0.39 is 5.54 Å². The maximum absolute atomic E-state index is 14.1. The van der Waals surface area contributed by atoms with Crippen molar-refractivity contribution in [1.29, 1.82) is 0 Å². The number of aryl methyl sites for hydroxylation is 2. The van der Waals surface area contributed by atoms with Crippen molar-refractivity contribution in [1.82, 2.24) is 4.90 Å². The molecule has 2 aliphatic carbocycles. The van der Waals surface area contributed by atoms with Gasteiger partial charge < -0.3 is 14.9 Å². The monoisotopic (exact) mass is 772 g/mol. The van der Waals surface area contributed by atoms with Crippen LogP contribution in [0.25, 0.3) is 0 Å². The summed E-state index contributed by atoms with van der Waals surface area (Å²) in [6.07, 6.45) is 16.1. The predicted molar refractivity (Wildman–Crippen MR) is 244 cm³/mol. The number of aromatic hydroxyl groups is 2. The van der Waals surface area contributed by atoms with E-state index in [9.17, 15) is 9.90 Å². The minimum Gasteiger partial charge on any atom is -0.508 e. The van der Waals surface area contributed by atoms with E-state index in [1.165, 1.54) is 24.0 Å². The lowest BCUT2D eigenvalue weighted by molar-refractivity contribution is 0.0737. The second-order valence-corrected chi connectivity index (χ2v) is 13.1. The molecule has 7 rings (SSSR count). The summed E-state index contributed by atoms with van der Waals surface area (Å²) in [6, 6.07) is 30.4. The van der Waals surface area contributed by atoms with Crippen LogP contribution in [0, 0.1) is 13.8 Å². The molecule has 5 nitrogen and oxygen atoms in total. The Labute approximate surface area is 345 Å². The van der Waals surface area contributed by atoms with E-state index in [0.29, 0.717) is 5.75 Å². The Morgan fingerprint density at radius 1 is 0.667 bits per heavy atom. The van der Waals surface area contributed by atoms with Crippen LogP contribution < -0.4 is 4.74 Å². The summed E-state index contributed by atoms with van der Waals surface area (Å²) in [5.74, 6) is 2.27. The van der Waals surface area contributed by atoms with Crippen molar-refractivity contribution in [3.05, 3.63) is 185 Å². The number of nitrogens with zero attached hydrogens (tertiary/aromatic N) is 1. The van der Waals surface area contributed by atoms with E-state index in [0.717, 1.165) is 65.2 Å². The zero-order valence-electron chi connectivity index (χ0n) is 36.4. The topological polar surface area (TPSA) is 70.0 Å². The van der Waals surface area contributed by atoms with Gasteiger partial charge in [-0.15, -0.1) is 13.2 Å². The summed E-state index contributed by atoms with van der Waals surface area (Å²) >= 11 is 0. The second-order valence-electron chi connectivity index (χ2n) is 13.1. The van der Waals surface area contributed by atoms with Crippen LogP contribution in [-0.2, 0) is 5.54 Å². The fourth-order valence-electron chi connectivity index (χ4n) is 6.30. The minimum atomic E-state index is -0.801. The first kappa shape index (κ1) is 49.5. The first-order valence-electron chi connectivity index (χ1n) is 20.7. The molecular formula is C52H69NO4. The average Bonchev–Trinajstić information content (AvgIpc) is 3.52. The predicted octanol–water partition coefficient (Wildman–Crippen LogP) is 14.7. The Bertz CT molecular complexity index is 1840. The number of rotatable bonds is 5. The number of allylic oxidation sites excluding steroid dienone is 7. The number of carbonyl (C=O) groups excluding carboxylic acids is 1. The number of hydrogen-bond donors (Lipinski definition) is 2. The van der Waals surface area contributed by atoms with Gasteiger partial charge in [0.05, 0.1) is 0 Å². The Balaban J connectivity index is 0.000000682. The summed E-state index contributed by atoms with van der Waals surface area (Å²) < 4.78 is 6.19. The van der Waals surface area contributed by atoms with Crippen molar-refractivity contribution in [3.8, 4) is 17.2 Å². The molecule has 0 fully saturated rings. The van der Waals surface area contributed by atoms with Gasteiger partial charge in [-0.25, -0.2) is 0 Å². The fraction of sp³-hybridized carbons (Fsp3) is 0.327. The number of phenolic OH excluding ortho intramolecular Hbond substituents is 2. The van der Waals surface area contributed by atoms with Gasteiger partial charge in [0, 0.05) is 17.7 Å². The van der Waals surface area contributed by atoms with Crippen LogP contribution in [0.5, 0.6) is 17.2 Å². The van der Waals surface area contributed by atoms with Gasteiger partial charge in [-0.3, -0.25) is 9.69 Å². The van der Waals surface area contributed by atoms with Crippen LogP contribution in [0.15, 0.2) is 158 Å². The number of hydrogen-bond acceptors (Lipinski definition) is 4. The van der Waals surface area contributed by atoms with E-state index in [-0.39, 0.29) is 11.7 Å². The number of ether oxygens (including phenoxy) is 1. The van der Waals surface area contributed by atoms with Crippen LogP contribution >= 0.6 is 0 Å². The highest BCUT2D eigenvalue weighted by Gasteiger charge is 2.54. The molecule has 1 aliphatic heterocycles. The number of carbonyl (C=O) groups is 1. The molecule has 1 heterocycles. The largest absolute Gasteiger partial charge is 0.508 e.